The third kappa shape index (κ3) is 4.89. The number of ether oxygens (including phenoxy) is 2. The summed E-state index contributed by atoms with van der Waals surface area (Å²) in [6, 6.07) is 5.10. The highest BCUT2D eigenvalue weighted by atomic mass is 35.5. The quantitative estimate of drug-likeness (QED) is 0.695. The van der Waals surface area contributed by atoms with Crippen LogP contribution in [0.25, 0.3) is 10.9 Å². The molecule has 0 bridgehead atoms. The Kier molecular flexibility index (Phi) is 6.76. The number of H-pyrrole nitrogens is 1. The lowest BCUT2D eigenvalue weighted by Crippen LogP contribution is -2.43. The minimum Gasteiger partial charge on any atom is -0.466 e. The molecule has 0 aliphatic carbocycles. The molecule has 2 aromatic rings. The molecule has 8 nitrogen and oxygen atoms in total. The fourth-order valence-electron chi connectivity index (χ4n) is 3.58. The zero-order chi connectivity index (χ0) is 21.0. The molecule has 1 fully saturated rings. The van der Waals surface area contributed by atoms with Crippen LogP contribution in [-0.2, 0) is 19.1 Å². The van der Waals surface area contributed by atoms with Crippen molar-refractivity contribution in [2.75, 3.05) is 38.7 Å². The third-order valence-corrected chi connectivity index (χ3v) is 5.14. The Bertz CT molecular complexity index is 926. The fourth-order valence-corrected chi connectivity index (χ4v) is 3.75. The normalized spacial score (nSPS) is 17.1. The van der Waals surface area contributed by atoms with Crippen LogP contribution in [0.3, 0.4) is 0 Å². The lowest BCUT2D eigenvalue weighted by molar-refractivity contribution is -0.150. The van der Waals surface area contributed by atoms with Gasteiger partial charge >= 0.3 is 11.9 Å². The van der Waals surface area contributed by atoms with E-state index in [0.717, 1.165) is 12.8 Å². The van der Waals surface area contributed by atoms with Gasteiger partial charge in [-0.05, 0) is 44.5 Å². The topological polar surface area (TPSA) is 101 Å². The molecule has 1 saturated heterocycles. The van der Waals surface area contributed by atoms with Crippen molar-refractivity contribution >= 4 is 46.0 Å². The second kappa shape index (κ2) is 9.28. The summed E-state index contributed by atoms with van der Waals surface area (Å²) in [5.41, 5.74) is 1.14. The molecule has 0 saturated carbocycles. The second-order valence-corrected chi connectivity index (χ2v) is 7.37. The molecule has 2 N–H and O–H groups in total. The summed E-state index contributed by atoms with van der Waals surface area (Å²) in [4.78, 5) is 41.7. The number of hydrogen-bond donors (Lipinski definition) is 2. The first kappa shape index (κ1) is 21.1. The number of carbonyl (C=O) groups excluding carboxylic acids is 3. The molecule has 156 valence electrons. The van der Waals surface area contributed by atoms with E-state index in [-0.39, 0.29) is 30.0 Å². The number of nitrogens with one attached hydrogen (secondary N) is 2. The predicted molar refractivity (Wildman–Crippen MR) is 109 cm³/mol. The highest BCUT2D eigenvalue weighted by Crippen LogP contribution is 2.30. The SMILES string of the molecule is CCOC(=O)[C@@H]1CCCN(CC(=O)Nc2c(C(=O)OC)[nH]c3ccc(Cl)cc23)C1. The number of methoxy groups -OCH3 is 1. The number of fused-ring (bicyclic) bond motifs is 1. The number of likely N-dealkylation sites (tertiary alicyclic amines) is 1. The van der Waals surface area contributed by atoms with E-state index in [9.17, 15) is 14.4 Å². The molecule has 1 aliphatic heterocycles. The molecule has 0 spiro atoms. The van der Waals surface area contributed by atoms with E-state index < -0.39 is 5.97 Å². The molecule has 29 heavy (non-hydrogen) atoms. The Morgan fingerprint density at radius 2 is 2.14 bits per heavy atom. The molecule has 0 unspecified atom stereocenters. The van der Waals surface area contributed by atoms with Gasteiger partial charge in [-0.1, -0.05) is 11.6 Å². The Morgan fingerprint density at radius 1 is 1.34 bits per heavy atom. The van der Waals surface area contributed by atoms with Crippen LogP contribution in [0.1, 0.15) is 30.3 Å². The van der Waals surface area contributed by atoms with E-state index in [1.807, 2.05) is 4.90 Å². The van der Waals surface area contributed by atoms with Crippen LogP contribution in [0.2, 0.25) is 5.02 Å². The fraction of sp³-hybridized carbons (Fsp3) is 0.450. The zero-order valence-electron chi connectivity index (χ0n) is 16.4. The second-order valence-electron chi connectivity index (χ2n) is 6.93. The highest BCUT2D eigenvalue weighted by Gasteiger charge is 2.28. The largest absolute Gasteiger partial charge is 0.466 e. The van der Waals surface area contributed by atoms with Crippen LogP contribution >= 0.6 is 11.6 Å². The van der Waals surface area contributed by atoms with Crippen molar-refractivity contribution in [3.63, 3.8) is 0 Å². The van der Waals surface area contributed by atoms with E-state index in [0.29, 0.717) is 41.3 Å². The predicted octanol–water partition coefficient (Wildman–Crippen LogP) is 2.82. The van der Waals surface area contributed by atoms with Gasteiger partial charge < -0.3 is 19.8 Å². The Balaban J connectivity index is 1.75. The minimum absolute atomic E-state index is 0.101. The molecule has 1 amide bonds. The van der Waals surface area contributed by atoms with Crippen molar-refractivity contribution in [3.05, 3.63) is 28.9 Å². The van der Waals surface area contributed by atoms with Gasteiger partial charge in [-0.15, -0.1) is 0 Å². The van der Waals surface area contributed by atoms with E-state index in [1.165, 1.54) is 7.11 Å². The average Bonchev–Trinajstić information content (AvgIpc) is 3.05. The standard InChI is InChI=1S/C20H24ClN3O5/c1-3-29-19(26)12-5-4-8-24(10-12)11-16(25)23-17-14-9-13(21)6-7-15(14)22-18(17)20(27)28-2/h6-7,9,12,22H,3-5,8,10-11H2,1-2H3,(H,23,25)/t12-/m1/s1. The summed E-state index contributed by atoms with van der Waals surface area (Å²) in [5.74, 6) is -1.33. The van der Waals surface area contributed by atoms with Crippen molar-refractivity contribution < 1.29 is 23.9 Å². The Morgan fingerprint density at radius 3 is 2.86 bits per heavy atom. The Hall–Kier alpha value is -2.58. The van der Waals surface area contributed by atoms with Gasteiger partial charge in [0.25, 0.3) is 0 Å². The molecule has 0 radical (unpaired) electrons. The molecule has 1 aromatic carbocycles. The molecule has 1 atom stereocenters. The number of rotatable bonds is 6. The van der Waals surface area contributed by atoms with Crippen molar-refractivity contribution in [1.82, 2.24) is 9.88 Å². The van der Waals surface area contributed by atoms with E-state index >= 15 is 0 Å². The molecule has 3 rings (SSSR count). The number of halogens is 1. The van der Waals surface area contributed by atoms with Gasteiger partial charge in [-0.2, -0.15) is 0 Å². The van der Waals surface area contributed by atoms with Crippen LogP contribution in [0.4, 0.5) is 5.69 Å². The summed E-state index contributed by atoms with van der Waals surface area (Å²) in [6.07, 6.45) is 1.57. The summed E-state index contributed by atoms with van der Waals surface area (Å²) < 4.78 is 9.91. The van der Waals surface area contributed by atoms with E-state index in [4.69, 9.17) is 21.1 Å². The maximum Gasteiger partial charge on any atom is 0.356 e. The third-order valence-electron chi connectivity index (χ3n) is 4.91. The number of esters is 2. The number of anilines is 1. The molecule has 1 aromatic heterocycles. The average molecular weight is 422 g/mol. The Labute approximate surface area is 173 Å². The summed E-state index contributed by atoms with van der Waals surface area (Å²) in [7, 11) is 1.27. The lowest BCUT2D eigenvalue weighted by Gasteiger charge is -2.30. The van der Waals surface area contributed by atoms with Gasteiger partial charge in [0.05, 0.1) is 31.9 Å². The van der Waals surface area contributed by atoms with Gasteiger partial charge in [0.2, 0.25) is 5.91 Å². The summed E-state index contributed by atoms with van der Waals surface area (Å²) in [5, 5.41) is 3.91. The van der Waals surface area contributed by atoms with E-state index in [2.05, 4.69) is 10.3 Å². The lowest BCUT2D eigenvalue weighted by atomic mass is 9.98. The zero-order valence-corrected chi connectivity index (χ0v) is 17.2. The number of aromatic amines is 1. The number of amides is 1. The molecule has 1 aliphatic rings. The van der Waals surface area contributed by atoms with Gasteiger partial charge in [-0.25, -0.2) is 4.79 Å². The number of piperidine rings is 1. The summed E-state index contributed by atoms with van der Waals surface area (Å²) >= 11 is 6.08. The molecular weight excluding hydrogens is 398 g/mol. The maximum absolute atomic E-state index is 12.7. The highest BCUT2D eigenvalue weighted by molar-refractivity contribution is 6.31. The number of aromatic nitrogens is 1. The van der Waals surface area contributed by atoms with Crippen LogP contribution in [0.5, 0.6) is 0 Å². The molecule has 9 heteroatoms. The van der Waals surface area contributed by atoms with Crippen LogP contribution in [-0.4, -0.2) is 61.1 Å². The smallest absolute Gasteiger partial charge is 0.356 e. The molecule has 2 heterocycles. The first-order valence-electron chi connectivity index (χ1n) is 9.51. The van der Waals surface area contributed by atoms with Gasteiger partial charge in [-0.3, -0.25) is 14.5 Å². The van der Waals surface area contributed by atoms with Gasteiger partial charge in [0.15, 0.2) is 0 Å². The first-order chi connectivity index (χ1) is 13.9. The number of nitrogens with zero attached hydrogens (tertiary/aromatic N) is 1. The molecular formula is C20H24ClN3O5. The maximum atomic E-state index is 12.7. The van der Waals surface area contributed by atoms with Gasteiger partial charge in [0.1, 0.15) is 5.69 Å². The number of hydrogen-bond acceptors (Lipinski definition) is 6. The van der Waals surface area contributed by atoms with Crippen molar-refractivity contribution in [3.8, 4) is 0 Å². The van der Waals surface area contributed by atoms with Crippen LogP contribution < -0.4 is 5.32 Å². The number of benzene rings is 1. The number of carbonyl (C=O) groups is 3. The monoisotopic (exact) mass is 421 g/mol. The van der Waals surface area contributed by atoms with Crippen molar-refractivity contribution in [2.24, 2.45) is 5.92 Å². The summed E-state index contributed by atoms with van der Waals surface area (Å²) in [6.45, 7) is 3.40. The van der Waals surface area contributed by atoms with Crippen LogP contribution in [0, 0.1) is 5.92 Å². The minimum atomic E-state index is -0.590. The first-order valence-corrected chi connectivity index (χ1v) is 9.89. The van der Waals surface area contributed by atoms with E-state index in [1.54, 1.807) is 25.1 Å². The van der Waals surface area contributed by atoms with Gasteiger partial charge in [0, 0.05) is 22.5 Å². The van der Waals surface area contributed by atoms with Crippen LogP contribution in [0.15, 0.2) is 18.2 Å². The van der Waals surface area contributed by atoms with Crippen molar-refractivity contribution in [1.29, 1.82) is 0 Å². The van der Waals surface area contributed by atoms with Crippen molar-refractivity contribution in [2.45, 2.75) is 19.8 Å².